The van der Waals surface area contributed by atoms with Crippen LogP contribution in [0.4, 0.5) is 0 Å². The van der Waals surface area contributed by atoms with E-state index < -0.39 is 10.1 Å². The number of alkyl halides is 1. The van der Waals surface area contributed by atoms with Crippen LogP contribution >= 0.6 is 31.9 Å². The zero-order chi connectivity index (χ0) is 15.1. The van der Waals surface area contributed by atoms with Crippen LogP contribution in [0, 0.1) is 23.7 Å². The molecule has 0 aromatic rings. The summed E-state index contributed by atoms with van der Waals surface area (Å²) in [5.74, 6) is -0.404. The van der Waals surface area contributed by atoms with Crippen LogP contribution in [0.25, 0.3) is 0 Å². The monoisotopic (exact) mass is 430 g/mol. The number of ketones is 1. The van der Waals surface area contributed by atoms with E-state index in [0.717, 1.165) is 19.4 Å². The van der Waals surface area contributed by atoms with Crippen LogP contribution in [0.15, 0.2) is 22.7 Å². The summed E-state index contributed by atoms with van der Waals surface area (Å²) in [7, 11) is 0. The van der Waals surface area contributed by atoms with Crippen LogP contribution in [0.3, 0.4) is 0 Å². The summed E-state index contributed by atoms with van der Waals surface area (Å²) < 4.78 is 18.4. The van der Waals surface area contributed by atoms with Crippen molar-refractivity contribution in [2.75, 3.05) is 13.2 Å². The minimum absolute atomic E-state index is 0.0992. The average molecular weight is 432 g/mol. The molecule has 0 N–H and O–H groups in total. The van der Waals surface area contributed by atoms with Crippen molar-refractivity contribution in [2.45, 2.75) is 29.2 Å². The Hall–Kier alpha value is -0.0100. The molecule has 4 nitrogen and oxygen atoms in total. The van der Waals surface area contributed by atoms with Crippen molar-refractivity contribution in [3.8, 4) is 0 Å². The fraction of sp³-hybridized carbons (Fsp3) is 0.688. The summed E-state index contributed by atoms with van der Waals surface area (Å²) in [4.78, 5) is 12.8. The summed E-state index contributed by atoms with van der Waals surface area (Å²) in [6, 6.07) is 0. The number of ether oxygens (including phenoxy) is 3. The molecule has 118 valence electrons. The molecule has 3 aliphatic heterocycles. The molecule has 0 saturated carbocycles. The number of hydrogen-bond acceptors (Lipinski definition) is 4. The molecule has 0 aromatic carbocycles. The maximum atomic E-state index is 12.8. The molecule has 0 radical (unpaired) electrons. The molecule has 4 bridgehead atoms. The molecule has 0 aromatic heterocycles. The van der Waals surface area contributed by atoms with Gasteiger partial charge in [-0.15, -0.1) is 0 Å². The molecule has 2 unspecified atom stereocenters. The van der Waals surface area contributed by atoms with Gasteiger partial charge in [0.1, 0.15) is 4.32 Å². The van der Waals surface area contributed by atoms with Gasteiger partial charge in [0, 0.05) is 24.4 Å². The van der Waals surface area contributed by atoms with Gasteiger partial charge < -0.3 is 14.2 Å². The summed E-state index contributed by atoms with van der Waals surface area (Å²) in [5.41, 5.74) is 0. The Kier molecular flexibility index (Phi) is 2.96. The van der Waals surface area contributed by atoms with Crippen molar-refractivity contribution in [1.29, 1.82) is 0 Å². The number of rotatable bonds is 0. The predicted molar refractivity (Wildman–Crippen MR) is 85.5 cm³/mol. The van der Waals surface area contributed by atoms with Gasteiger partial charge >= 0.3 is 0 Å². The van der Waals surface area contributed by atoms with Gasteiger partial charge in [-0.05, 0) is 34.8 Å². The topological polar surface area (TPSA) is 44.8 Å². The third kappa shape index (κ3) is 1.51. The summed E-state index contributed by atoms with van der Waals surface area (Å²) in [5, 5.41) is 0. The molecule has 0 spiro atoms. The summed E-state index contributed by atoms with van der Waals surface area (Å²) in [6.07, 6.45) is 8.06. The third-order valence-electron chi connectivity index (χ3n) is 5.86. The molecular formula is C16H16Br2O4. The van der Waals surface area contributed by atoms with Gasteiger partial charge in [-0.1, -0.05) is 28.1 Å². The van der Waals surface area contributed by atoms with Crippen molar-refractivity contribution < 1.29 is 19.0 Å². The molecule has 22 heavy (non-hydrogen) atoms. The minimum atomic E-state index is -0.936. The Labute approximate surface area is 145 Å². The van der Waals surface area contributed by atoms with E-state index in [0.29, 0.717) is 11.1 Å². The summed E-state index contributed by atoms with van der Waals surface area (Å²) in [6.45, 7) is 1.22. The minimum Gasteiger partial charge on any atom is -0.352 e. The van der Waals surface area contributed by atoms with E-state index in [1.54, 1.807) is 6.08 Å². The van der Waals surface area contributed by atoms with Crippen LogP contribution in [-0.2, 0) is 19.0 Å². The highest BCUT2D eigenvalue weighted by Crippen LogP contribution is 2.65. The lowest BCUT2D eigenvalue weighted by molar-refractivity contribution is -0.375. The lowest BCUT2D eigenvalue weighted by atomic mass is 9.56. The van der Waals surface area contributed by atoms with Crippen LogP contribution < -0.4 is 0 Å². The van der Waals surface area contributed by atoms with Crippen molar-refractivity contribution in [3.05, 3.63) is 22.7 Å². The van der Waals surface area contributed by atoms with Gasteiger partial charge in [-0.25, -0.2) is 0 Å². The standard InChI is InChI=1S/C16H16Br2O4/c17-11-6-15-16(18)10(9-2-1-5-20-14(9)22-15)4-3-8(7-21-15)12(16)13(11)19/h3-4,6,8-10,12,14H,1-2,5,7H2/t8-,9?,10?,12-,14-,15-,16+/m1/s1. The van der Waals surface area contributed by atoms with E-state index in [1.165, 1.54) is 0 Å². The Morgan fingerprint density at radius 2 is 2.18 bits per heavy atom. The van der Waals surface area contributed by atoms with E-state index in [4.69, 9.17) is 14.2 Å². The van der Waals surface area contributed by atoms with Gasteiger partial charge in [-0.2, -0.15) is 0 Å². The van der Waals surface area contributed by atoms with Gasteiger partial charge in [-0.3, -0.25) is 4.79 Å². The number of fused-ring (bicyclic) bond motifs is 2. The second kappa shape index (κ2) is 4.54. The average Bonchev–Trinajstić information content (AvgIpc) is 2.50. The highest BCUT2D eigenvalue weighted by atomic mass is 79.9. The third-order valence-corrected chi connectivity index (χ3v) is 8.05. The maximum absolute atomic E-state index is 12.8. The first-order valence-corrected chi connectivity index (χ1v) is 9.38. The number of carbonyl (C=O) groups excluding carboxylic acids is 1. The Morgan fingerprint density at radius 3 is 3.05 bits per heavy atom. The molecule has 3 heterocycles. The van der Waals surface area contributed by atoms with Crippen molar-refractivity contribution >= 4 is 37.6 Å². The number of hydrogen-bond donors (Lipinski definition) is 0. The molecule has 3 saturated heterocycles. The van der Waals surface area contributed by atoms with E-state index in [2.05, 4.69) is 44.0 Å². The largest absolute Gasteiger partial charge is 0.352 e. The quantitative estimate of drug-likeness (QED) is 0.437. The smallest absolute Gasteiger partial charge is 0.209 e. The Balaban J connectivity index is 1.75. The molecular weight excluding hydrogens is 416 g/mol. The number of carbonyl (C=O) groups is 1. The van der Waals surface area contributed by atoms with E-state index in [1.807, 2.05) is 0 Å². The zero-order valence-corrected chi connectivity index (χ0v) is 15.0. The molecule has 6 heteroatoms. The first-order chi connectivity index (χ1) is 10.6. The second-order valence-corrected chi connectivity index (χ2v) is 8.98. The first kappa shape index (κ1) is 14.3. The molecule has 0 amide bonds. The van der Waals surface area contributed by atoms with E-state index in [-0.39, 0.29) is 35.7 Å². The van der Waals surface area contributed by atoms with Crippen LogP contribution in [-0.4, -0.2) is 35.4 Å². The maximum Gasteiger partial charge on any atom is 0.209 e. The van der Waals surface area contributed by atoms with Gasteiger partial charge in [0.25, 0.3) is 0 Å². The van der Waals surface area contributed by atoms with Crippen molar-refractivity contribution in [3.63, 3.8) is 0 Å². The van der Waals surface area contributed by atoms with Gasteiger partial charge in [0.05, 0.1) is 17.0 Å². The highest BCUT2D eigenvalue weighted by molar-refractivity contribution is 9.12. The molecule has 7 atom stereocenters. The highest BCUT2D eigenvalue weighted by Gasteiger charge is 2.73. The van der Waals surface area contributed by atoms with E-state index >= 15 is 0 Å². The Morgan fingerprint density at radius 1 is 1.32 bits per heavy atom. The molecule has 3 fully saturated rings. The number of allylic oxidation sites excluding steroid dienone is 2. The van der Waals surface area contributed by atoms with Gasteiger partial charge in [0.15, 0.2) is 12.1 Å². The molecule has 5 rings (SSSR count). The SMILES string of the molecule is O=C1C(Br)=C[C@@]23OC[C@H]4C=CC(C5CCCO[C@@H]5O2)[C@]3(Br)[C@@H]14. The molecule has 2 aliphatic carbocycles. The number of Topliss-reactive ketones (excluding diaryl/α,β-unsaturated/α-hetero) is 1. The predicted octanol–water partition coefficient (Wildman–Crippen LogP) is 2.91. The lowest BCUT2D eigenvalue weighted by Crippen LogP contribution is -2.75. The Bertz CT molecular complexity index is 617. The van der Waals surface area contributed by atoms with Crippen LogP contribution in [0.5, 0.6) is 0 Å². The lowest BCUT2D eigenvalue weighted by Gasteiger charge is -2.65. The van der Waals surface area contributed by atoms with Crippen LogP contribution in [0.2, 0.25) is 0 Å². The van der Waals surface area contributed by atoms with E-state index in [9.17, 15) is 4.79 Å². The first-order valence-electron chi connectivity index (χ1n) is 7.80. The van der Waals surface area contributed by atoms with Gasteiger partial charge in [0.2, 0.25) is 5.79 Å². The van der Waals surface area contributed by atoms with Crippen molar-refractivity contribution in [1.82, 2.24) is 0 Å². The summed E-state index contributed by atoms with van der Waals surface area (Å²) >= 11 is 7.37. The van der Waals surface area contributed by atoms with Crippen LogP contribution in [0.1, 0.15) is 12.8 Å². The fourth-order valence-electron chi connectivity index (χ4n) is 4.92. The van der Waals surface area contributed by atoms with Crippen molar-refractivity contribution in [2.24, 2.45) is 23.7 Å². The number of halogens is 2. The zero-order valence-electron chi connectivity index (χ0n) is 11.8. The molecule has 5 aliphatic rings. The normalized spacial score (nSPS) is 55.5. The fourth-order valence-corrected chi connectivity index (χ4v) is 6.83. The second-order valence-electron chi connectivity index (χ2n) is 6.82.